The largest absolute Gasteiger partial charge is 0.497 e. The highest BCUT2D eigenvalue weighted by atomic mass is 35.5. The number of ketones is 1. The second-order valence-corrected chi connectivity index (χ2v) is 4.69. The molecule has 0 spiro atoms. The molecule has 2 aromatic rings. The fraction of sp³-hybridized carbons (Fsp3) is 0.118. The molecule has 0 aliphatic rings. The highest BCUT2D eigenvalue weighted by molar-refractivity contribution is 6.32. The van der Waals surface area contributed by atoms with Crippen molar-refractivity contribution < 1.29 is 14.3 Å². The lowest BCUT2D eigenvalue weighted by molar-refractivity contribution is 0.104. The van der Waals surface area contributed by atoms with E-state index < -0.39 is 0 Å². The first-order valence-electron chi connectivity index (χ1n) is 6.34. The molecule has 0 saturated heterocycles. The zero-order chi connectivity index (χ0) is 15.2. The molecule has 0 bridgehead atoms. The van der Waals surface area contributed by atoms with Crippen molar-refractivity contribution in [3.63, 3.8) is 0 Å². The molecule has 0 amide bonds. The van der Waals surface area contributed by atoms with E-state index in [9.17, 15) is 4.79 Å². The van der Waals surface area contributed by atoms with Gasteiger partial charge >= 0.3 is 0 Å². The van der Waals surface area contributed by atoms with Crippen molar-refractivity contribution >= 4 is 23.5 Å². The Morgan fingerprint density at radius 1 is 1.10 bits per heavy atom. The van der Waals surface area contributed by atoms with Crippen LogP contribution >= 0.6 is 11.6 Å². The summed E-state index contributed by atoms with van der Waals surface area (Å²) in [6.07, 6.45) is 3.17. The minimum Gasteiger partial charge on any atom is -0.497 e. The predicted molar refractivity (Wildman–Crippen MR) is 84.4 cm³/mol. The molecular formula is C17H15ClO3. The Morgan fingerprint density at radius 2 is 1.86 bits per heavy atom. The van der Waals surface area contributed by atoms with Crippen LogP contribution in [0.3, 0.4) is 0 Å². The first kappa shape index (κ1) is 15.1. The number of carbonyl (C=O) groups excluding carboxylic acids is 1. The topological polar surface area (TPSA) is 35.5 Å². The van der Waals surface area contributed by atoms with Crippen LogP contribution in [-0.4, -0.2) is 20.0 Å². The summed E-state index contributed by atoms with van der Waals surface area (Å²) in [6.45, 7) is 0. The summed E-state index contributed by atoms with van der Waals surface area (Å²) >= 11 is 6.05. The second kappa shape index (κ2) is 6.95. The van der Waals surface area contributed by atoms with Crippen LogP contribution in [0, 0.1) is 0 Å². The Balaban J connectivity index is 2.26. The van der Waals surface area contributed by atoms with Crippen molar-refractivity contribution in [3.05, 3.63) is 64.7 Å². The molecule has 0 atom stereocenters. The van der Waals surface area contributed by atoms with Crippen molar-refractivity contribution in [3.8, 4) is 11.5 Å². The lowest BCUT2D eigenvalue weighted by Gasteiger charge is -2.08. The van der Waals surface area contributed by atoms with E-state index in [-0.39, 0.29) is 5.78 Å². The van der Waals surface area contributed by atoms with E-state index in [2.05, 4.69) is 0 Å². The van der Waals surface area contributed by atoms with Crippen molar-refractivity contribution in [2.45, 2.75) is 0 Å². The molecule has 0 aliphatic carbocycles. The van der Waals surface area contributed by atoms with E-state index >= 15 is 0 Å². The highest BCUT2D eigenvalue weighted by Crippen LogP contribution is 2.25. The van der Waals surface area contributed by atoms with Crippen LogP contribution in [-0.2, 0) is 0 Å². The Morgan fingerprint density at radius 3 is 2.52 bits per heavy atom. The number of ether oxygens (including phenoxy) is 2. The number of halogens is 1. The van der Waals surface area contributed by atoms with Crippen LogP contribution in [0.15, 0.2) is 48.5 Å². The van der Waals surface area contributed by atoms with Gasteiger partial charge in [-0.1, -0.05) is 29.8 Å². The lowest BCUT2D eigenvalue weighted by atomic mass is 10.1. The van der Waals surface area contributed by atoms with E-state index in [0.29, 0.717) is 22.1 Å². The molecule has 0 aliphatic heterocycles. The van der Waals surface area contributed by atoms with Crippen LogP contribution in [0.1, 0.15) is 15.9 Å². The van der Waals surface area contributed by atoms with E-state index in [1.807, 2.05) is 18.2 Å². The molecule has 3 nitrogen and oxygen atoms in total. The molecule has 0 fully saturated rings. The van der Waals surface area contributed by atoms with Gasteiger partial charge < -0.3 is 9.47 Å². The van der Waals surface area contributed by atoms with Crippen LogP contribution < -0.4 is 9.47 Å². The molecule has 2 rings (SSSR count). The molecule has 108 valence electrons. The Hall–Kier alpha value is -2.26. The third kappa shape index (κ3) is 3.64. The summed E-state index contributed by atoms with van der Waals surface area (Å²) in [7, 11) is 3.08. The molecule has 0 radical (unpaired) electrons. The highest BCUT2D eigenvalue weighted by Gasteiger charge is 2.10. The van der Waals surface area contributed by atoms with Gasteiger partial charge in [-0.25, -0.2) is 0 Å². The Bertz CT molecular complexity index is 677. The number of rotatable bonds is 5. The Labute approximate surface area is 128 Å². The van der Waals surface area contributed by atoms with Gasteiger partial charge in [0.25, 0.3) is 0 Å². The monoisotopic (exact) mass is 302 g/mol. The average Bonchev–Trinajstić information content (AvgIpc) is 2.53. The van der Waals surface area contributed by atoms with Crippen LogP contribution in [0.5, 0.6) is 11.5 Å². The van der Waals surface area contributed by atoms with Gasteiger partial charge in [0, 0.05) is 11.1 Å². The van der Waals surface area contributed by atoms with Gasteiger partial charge in [0.15, 0.2) is 5.78 Å². The number of carbonyl (C=O) groups is 1. The average molecular weight is 303 g/mol. The zero-order valence-electron chi connectivity index (χ0n) is 11.8. The van der Waals surface area contributed by atoms with Gasteiger partial charge in [-0.2, -0.15) is 0 Å². The second-order valence-electron chi connectivity index (χ2n) is 4.29. The van der Waals surface area contributed by atoms with E-state index in [0.717, 1.165) is 5.56 Å². The molecule has 0 N–H and O–H groups in total. The molecule has 0 unspecified atom stereocenters. The normalized spacial score (nSPS) is 10.6. The predicted octanol–water partition coefficient (Wildman–Crippen LogP) is 4.25. The molecule has 0 saturated carbocycles. The van der Waals surface area contributed by atoms with Crippen LogP contribution in [0.4, 0.5) is 0 Å². The lowest BCUT2D eigenvalue weighted by Crippen LogP contribution is -1.99. The molecular weight excluding hydrogens is 288 g/mol. The van der Waals surface area contributed by atoms with Crippen molar-refractivity contribution in [2.24, 2.45) is 0 Å². The summed E-state index contributed by atoms with van der Waals surface area (Å²) in [5.41, 5.74) is 1.27. The Kier molecular flexibility index (Phi) is 5.01. The van der Waals surface area contributed by atoms with Gasteiger partial charge in [0.2, 0.25) is 0 Å². The van der Waals surface area contributed by atoms with Crippen LogP contribution in [0.2, 0.25) is 5.02 Å². The summed E-state index contributed by atoms with van der Waals surface area (Å²) in [6, 6.07) is 12.4. The number of benzene rings is 2. The molecule has 4 heteroatoms. The smallest absolute Gasteiger partial charge is 0.189 e. The van der Waals surface area contributed by atoms with Crippen molar-refractivity contribution in [1.29, 1.82) is 0 Å². The number of hydrogen-bond donors (Lipinski definition) is 0. The third-order valence-corrected chi connectivity index (χ3v) is 3.34. The summed E-state index contributed by atoms with van der Waals surface area (Å²) in [4.78, 5) is 12.3. The molecule has 21 heavy (non-hydrogen) atoms. The minimum absolute atomic E-state index is 0.158. The fourth-order valence-corrected chi connectivity index (χ4v) is 2.07. The maximum Gasteiger partial charge on any atom is 0.189 e. The van der Waals surface area contributed by atoms with Gasteiger partial charge in [0.05, 0.1) is 19.8 Å². The number of allylic oxidation sites excluding steroid dienone is 1. The quantitative estimate of drug-likeness (QED) is 0.612. The van der Waals surface area contributed by atoms with E-state index in [1.54, 1.807) is 37.5 Å². The summed E-state index contributed by atoms with van der Waals surface area (Å²) < 4.78 is 10.3. The first-order chi connectivity index (χ1) is 10.2. The maximum absolute atomic E-state index is 12.3. The van der Waals surface area contributed by atoms with E-state index in [1.165, 1.54) is 13.2 Å². The SMILES string of the molecule is COc1ccc(C(=O)/C=C/c2ccccc2Cl)c(OC)c1. The summed E-state index contributed by atoms with van der Waals surface area (Å²) in [5.74, 6) is 0.955. The first-order valence-corrected chi connectivity index (χ1v) is 6.72. The minimum atomic E-state index is -0.158. The van der Waals surface area contributed by atoms with Gasteiger partial charge in [-0.3, -0.25) is 4.79 Å². The van der Waals surface area contributed by atoms with Gasteiger partial charge in [-0.05, 0) is 35.9 Å². The van der Waals surface area contributed by atoms with Gasteiger partial charge in [-0.15, -0.1) is 0 Å². The molecule has 2 aromatic carbocycles. The van der Waals surface area contributed by atoms with E-state index in [4.69, 9.17) is 21.1 Å². The third-order valence-electron chi connectivity index (χ3n) is 2.99. The van der Waals surface area contributed by atoms with Crippen molar-refractivity contribution in [2.75, 3.05) is 14.2 Å². The molecule has 0 aromatic heterocycles. The zero-order valence-corrected chi connectivity index (χ0v) is 12.6. The fourth-order valence-electron chi connectivity index (χ4n) is 1.87. The maximum atomic E-state index is 12.3. The van der Waals surface area contributed by atoms with Gasteiger partial charge in [0.1, 0.15) is 11.5 Å². The standard InChI is InChI=1S/C17H15ClO3/c1-20-13-8-9-14(17(11-13)21-2)16(19)10-7-12-5-3-4-6-15(12)18/h3-11H,1-2H3/b10-7+. The summed E-state index contributed by atoms with van der Waals surface area (Å²) in [5, 5.41) is 0.600. The van der Waals surface area contributed by atoms with Crippen molar-refractivity contribution in [1.82, 2.24) is 0 Å². The molecule has 0 heterocycles. The number of hydrogen-bond acceptors (Lipinski definition) is 3. The number of methoxy groups -OCH3 is 2. The van der Waals surface area contributed by atoms with Crippen LogP contribution in [0.25, 0.3) is 6.08 Å².